The van der Waals surface area contributed by atoms with Crippen molar-refractivity contribution in [2.24, 2.45) is 0 Å². The number of hydrogen-bond acceptors (Lipinski definition) is 4. The van der Waals surface area contributed by atoms with Crippen LogP contribution in [0.2, 0.25) is 5.02 Å². The molecule has 0 unspecified atom stereocenters. The number of carboxylic acid groups (broad SMARTS) is 1. The van der Waals surface area contributed by atoms with E-state index in [1.165, 1.54) is 0 Å². The van der Waals surface area contributed by atoms with Crippen LogP contribution in [0.4, 0.5) is 5.69 Å². The number of benzene rings is 1. The first kappa shape index (κ1) is 15.7. The summed E-state index contributed by atoms with van der Waals surface area (Å²) < 4.78 is 5.36. The summed E-state index contributed by atoms with van der Waals surface area (Å²) in [6.07, 6.45) is 0. The molecule has 0 radical (unpaired) electrons. The average Bonchev–Trinajstić information content (AvgIpc) is 2.76. The Morgan fingerprint density at radius 2 is 2.10 bits per heavy atom. The molecule has 0 saturated carbocycles. The second kappa shape index (κ2) is 5.95. The Morgan fingerprint density at radius 1 is 1.43 bits per heavy atom. The maximum atomic E-state index is 11.3. The quantitative estimate of drug-likeness (QED) is 0.869. The number of hydrogen-bond donors (Lipinski definition) is 2. The van der Waals surface area contributed by atoms with Crippen molar-refractivity contribution in [1.29, 1.82) is 0 Å². The normalized spacial score (nSPS) is 10.9. The van der Waals surface area contributed by atoms with E-state index in [0.717, 1.165) is 27.3 Å². The molecule has 112 valence electrons. The van der Waals surface area contributed by atoms with Crippen molar-refractivity contribution in [3.63, 3.8) is 0 Å². The van der Waals surface area contributed by atoms with Crippen molar-refractivity contribution in [3.05, 3.63) is 33.7 Å². The molecule has 0 spiro atoms. The van der Waals surface area contributed by atoms with Crippen LogP contribution in [-0.2, 0) is 0 Å². The van der Waals surface area contributed by atoms with Crippen molar-refractivity contribution in [1.82, 2.24) is 0 Å². The topological polar surface area (TPSA) is 72.5 Å². The zero-order valence-electron chi connectivity index (χ0n) is 11.9. The molecule has 0 bridgehead atoms. The second-order valence-corrected chi connectivity index (χ2v) is 6.35. The van der Waals surface area contributed by atoms with E-state index in [9.17, 15) is 9.90 Å². The lowest BCUT2D eigenvalue weighted by Crippen LogP contribution is -2.01. The van der Waals surface area contributed by atoms with Gasteiger partial charge in [-0.25, -0.2) is 4.79 Å². The monoisotopic (exact) mass is 325 g/mol. The number of rotatable bonds is 4. The van der Waals surface area contributed by atoms with Crippen LogP contribution in [0.1, 0.15) is 35.0 Å². The van der Waals surface area contributed by atoms with Crippen LogP contribution in [0, 0.1) is 0 Å². The minimum Gasteiger partial charge on any atom is -0.496 e. The first-order valence-corrected chi connectivity index (χ1v) is 7.55. The number of anilines is 1. The Hall–Kier alpha value is -1.72. The molecule has 0 fully saturated rings. The van der Waals surface area contributed by atoms with E-state index in [1.54, 1.807) is 25.3 Å². The van der Waals surface area contributed by atoms with E-state index in [-0.39, 0.29) is 10.8 Å². The molecule has 0 aliphatic carbocycles. The van der Waals surface area contributed by atoms with Crippen LogP contribution in [0.5, 0.6) is 5.75 Å². The van der Waals surface area contributed by atoms with Gasteiger partial charge in [-0.05, 0) is 29.7 Å². The van der Waals surface area contributed by atoms with E-state index >= 15 is 0 Å². The molecule has 0 aliphatic heterocycles. The van der Waals surface area contributed by atoms with Gasteiger partial charge in [0.1, 0.15) is 10.6 Å². The van der Waals surface area contributed by atoms with Gasteiger partial charge in [0.25, 0.3) is 0 Å². The molecule has 21 heavy (non-hydrogen) atoms. The van der Waals surface area contributed by atoms with Gasteiger partial charge in [0, 0.05) is 15.5 Å². The number of thiophene rings is 1. The SMILES string of the molecule is COc1ccc(Cl)cc1-c1sc(C(=O)O)c(N)c1C(C)C. The molecule has 1 aromatic heterocycles. The molecule has 6 heteroatoms. The lowest BCUT2D eigenvalue weighted by molar-refractivity contribution is 0.0703. The largest absolute Gasteiger partial charge is 0.496 e. The highest BCUT2D eigenvalue weighted by Gasteiger charge is 2.25. The zero-order valence-corrected chi connectivity index (χ0v) is 13.5. The molecule has 4 nitrogen and oxygen atoms in total. The van der Waals surface area contributed by atoms with Crippen LogP contribution >= 0.6 is 22.9 Å². The summed E-state index contributed by atoms with van der Waals surface area (Å²) in [6, 6.07) is 5.26. The maximum absolute atomic E-state index is 11.3. The summed E-state index contributed by atoms with van der Waals surface area (Å²) in [4.78, 5) is 12.3. The minimum atomic E-state index is -1.02. The smallest absolute Gasteiger partial charge is 0.348 e. The summed E-state index contributed by atoms with van der Waals surface area (Å²) >= 11 is 7.22. The molecule has 0 saturated heterocycles. The van der Waals surface area contributed by atoms with Crippen LogP contribution in [0.25, 0.3) is 10.4 Å². The number of nitrogens with two attached hydrogens (primary N) is 1. The van der Waals surface area contributed by atoms with Gasteiger partial charge in [-0.3, -0.25) is 0 Å². The van der Waals surface area contributed by atoms with Crippen LogP contribution in [-0.4, -0.2) is 18.2 Å². The summed E-state index contributed by atoms with van der Waals surface area (Å²) in [7, 11) is 1.57. The lowest BCUT2D eigenvalue weighted by Gasteiger charge is -2.12. The van der Waals surface area contributed by atoms with Crippen molar-refractivity contribution in [3.8, 4) is 16.2 Å². The molecule has 1 aromatic carbocycles. The Bertz CT molecular complexity index is 694. The molecule has 0 atom stereocenters. The van der Waals surface area contributed by atoms with E-state index in [4.69, 9.17) is 22.1 Å². The number of nitrogen functional groups attached to an aromatic ring is 1. The molecule has 0 aliphatic rings. The van der Waals surface area contributed by atoms with Gasteiger partial charge in [-0.2, -0.15) is 0 Å². The van der Waals surface area contributed by atoms with Gasteiger partial charge in [0.15, 0.2) is 0 Å². The fourth-order valence-corrected chi connectivity index (χ4v) is 3.65. The highest BCUT2D eigenvalue weighted by atomic mass is 35.5. The maximum Gasteiger partial charge on any atom is 0.348 e. The van der Waals surface area contributed by atoms with Gasteiger partial charge >= 0.3 is 5.97 Å². The summed E-state index contributed by atoms with van der Waals surface area (Å²) in [5, 5.41) is 9.85. The Morgan fingerprint density at radius 3 is 2.62 bits per heavy atom. The van der Waals surface area contributed by atoms with Crippen LogP contribution < -0.4 is 10.5 Å². The molecule has 2 rings (SSSR count). The molecule has 2 aromatic rings. The Labute approximate surface area is 132 Å². The number of methoxy groups -OCH3 is 1. The number of carbonyl (C=O) groups is 1. The predicted octanol–water partition coefficient (Wildman–Crippen LogP) is 4.48. The number of halogens is 1. The average molecular weight is 326 g/mol. The molecule has 0 amide bonds. The highest BCUT2D eigenvalue weighted by Crippen LogP contribution is 2.46. The third kappa shape index (κ3) is 2.84. The van der Waals surface area contributed by atoms with Gasteiger partial charge in [0.05, 0.1) is 12.8 Å². The zero-order chi connectivity index (χ0) is 15.7. The fourth-order valence-electron chi connectivity index (χ4n) is 2.25. The van der Waals surface area contributed by atoms with E-state index in [1.807, 2.05) is 13.8 Å². The van der Waals surface area contributed by atoms with Gasteiger partial charge in [-0.15, -0.1) is 11.3 Å². The standard InChI is InChI=1S/C15H16ClNO3S/c1-7(2)11-12(17)14(15(18)19)21-13(11)9-6-8(16)4-5-10(9)20-3/h4-7H,17H2,1-3H3,(H,18,19). The minimum absolute atomic E-state index is 0.0908. The first-order chi connectivity index (χ1) is 9.86. The fraction of sp³-hybridized carbons (Fsp3) is 0.267. The molecular weight excluding hydrogens is 310 g/mol. The molecule has 1 heterocycles. The van der Waals surface area contributed by atoms with Crippen molar-refractivity contribution < 1.29 is 14.6 Å². The van der Waals surface area contributed by atoms with Crippen molar-refractivity contribution in [2.45, 2.75) is 19.8 Å². The third-order valence-corrected chi connectivity index (χ3v) is 4.64. The summed E-state index contributed by atoms with van der Waals surface area (Å²) in [6.45, 7) is 3.95. The molecule has 3 N–H and O–H groups in total. The number of carboxylic acids is 1. The number of aromatic carboxylic acids is 1. The second-order valence-electron chi connectivity index (χ2n) is 4.89. The van der Waals surface area contributed by atoms with E-state index in [0.29, 0.717) is 16.5 Å². The van der Waals surface area contributed by atoms with E-state index in [2.05, 4.69) is 0 Å². The van der Waals surface area contributed by atoms with Crippen LogP contribution in [0.3, 0.4) is 0 Å². The van der Waals surface area contributed by atoms with Gasteiger partial charge < -0.3 is 15.6 Å². The third-order valence-electron chi connectivity index (χ3n) is 3.16. The lowest BCUT2D eigenvalue weighted by atomic mass is 9.98. The first-order valence-electron chi connectivity index (χ1n) is 6.36. The van der Waals surface area contributed by atoms with Gasteiger partial charge in [0.2, 0.25) is 0 Å². The predicted molar refractivity (Wildman–Crippen MR) is 86.8 cm³/mol. The van der Waals surface area contributed by atoms with Gasteiger partial charge in [-0.1, -0.05) is 25.4 Å². The Balaban J connectivity index is 2.77. The highest BCUT2D eigenvalue weighted by molar-refractivity contribution is 7.18. The van der Waals surface area contributed by atoms with Crippen LogP contribution in [0.15, 0.2) is 18.2 Å². The van der Waals surface area contributed by atoms with E-state index < -0.39 is 5.97 Å². The molecular formula is C15H16ClNO3S. The van der Waals surface area contributed by atoms with Crippen molar-refractivity contribution >= 4 is 34.6 Å². The number of ether oxygens (including phenoxy) is 1. The van der Waals surface area contributed by atoms with Crippen molar-refractivity contribution in [2.75, 3.05) is 12.8 Å². The summed E-state index contributed by atoms with van der Waals surface area (Å²) in [5.74, 6) is -0.292. The Kier molecular flexibility index (Phi) is 4.44. The summed E-state index contributed by atoms with van der Waals surface area (Å²) in [5.41, 5.74) is 7.93.